The Kier molecular flexibility index (Phi) is 4.59. The van der Waals surface area contributed by atoms with E-state index in [4.69, 9.17) is 0 Å². The second kappa shape index (κ2) is 6.67. The summed E-state index contributed by atoms with van der Waals surface area (Å²) in [6.45, 7) is 5.58. The molecule has 6 heteroatoms. The van der Waals surface area contributed by atoms with E-state index in [1.807, 2.05) is 19.2 Å². The van der Waals surface area contributed by atoms with Gasteiger partial charge in [0.2, 0.25) is 0 Å². The third kappa shape index (κ3) is 3.44. The smallest absolute Gasteiger partial charge is 0.267 e. The molecule has 122 valence electrons. The molecule has 0 radical (unpaired) electrons. The van der Waals surface area contributed by atoms with Gasteiger partial charge in [0.05, 0.1) is 15.4 Å². The molecule has 1 amide bonds. The van der Waals surface area contributed by atoms with Crippen LogP contribution in [-0.4, -0.2) is 16.7 Å². The predicted molar refractivity (Wildman–Crippen MR) is 99.3 cm³/mol. The molecular formula is C18H16N2O2S2. The van der Waals surface area contributed by atoms with E-state index in [0.717, 1.165) is 16.8 Å². The number of ketones is 1. The Morgan fingerprint density at radius 3 is 2.54 bits per heavy atom. The number of thiophene rings is 1. The summed E-state index contributed by atoms with van der Waals surface area (Å²) < 4.78 is 0. The number of rotatable bonds is 4. The van der Waals surface area contributed by atoms with Crippen molar-refractivity contribution < 1.29 is 9.59 Å². The summed E-state index contributed by atoms with van der Waals surface area (Å²) >= 11 is 2.58. The Morgan fingerprint density at radius 1 is 1.08 bits per heavy atom. The van der Waals surface area contributed by atoms with Crippen LogP contribution in [0, 0.1) is 13.8 Å². The van der Waals surface area contributed by atoms with Crippen LogP contribution in [0.2, 0.25) is 0 Å². The van der Waals surface area contributed by atoms with Crippen molar-refractivity contribution in [3.8, 4) is 11.3 Å². The molecule has 1 aromatic carbocycles. The van der Waals surface area contributed by atoms with Gasteiger partial charge >= 0.3 is 0 Å². The first-order valence-corrected chi connectivity index (χ1v) is 9.09. The molecule has 0 spiro atoms. The number of anilines is 1. The van der Waals surface area contributed by atoms with E-state index in [2.05, 4.69) is 28.5 Å². The Bertz CT molecular complexity index is 925. The molecule has 1 N–H and O–H groups in total. The minimum atomic E-state index is -0.241. The molecule has 0 aliphatic rings. The number of nitrogens with one attached hydrogen (secondary N) is 1. The lowest BCUT2D eigenvalue weighted by molar-refractivity contribution is 0.101. The number of benzene rings is 1. The first kappa shape index (κ1) is 16.5. The van der Waals surface area contributed by atoms with E-state index in [1.54, 1.807) is 12.1 Å². The van der Waals surface area contributed by atoms with Crippen molar-refractivity contribution in [3.63, 3.8) is 0 Å². The first-order chi connectivity index (χ1) is 11.4. The van der Waals surface area contributed by atoms with E-state index in [0.29, 0.717) is 14.9 Å². The monoisotopic (exact) mass is 356 g/mol. The Balaban J connectivity index is 1.79. The highest BCUT2D eigenvalue weighted by molar-refractivity contribution is 7.16. The summed E-state index contributed by atoms with van der Waals surface area (Å²) in [5, 5.41) is 5.29. The third-order valence-electron chi connectivity index (χ3n) is 3.57. The molecule has 0 saturated carbocycles. The second-order valence-corrected chi connectivity index (χ2v) is 7.47. The van der Waals surface area contributed by atoms with Gasteiger partial charge in [0.25, 0.3) is 5.91 Å². The molecule has 0 atom stereocenters. The molecule has 4 nitrogen and oxygen atoms in total. The van der Waals surface area contributed by atoms with Gasteiger partial charge in [-0.1, -0.05) is 17.7 Å². The molecule has 0 bridgehead atoms. The average Bonchev–Trinajstić information content (AvgIpc) is 3.19. The molecule has 0 fully saturated rings. The molecule has 2 heterocycles. The molecule has 0 unspecified atom stereocenters. The van der Waals surface area contributed by atoms with Gasteiger partial charge in [0.15, 0.2) is 10.9 Å². The quantitative estimate of drug-likeness (QED) is 0.673. The highest BCUT2D eigenvalue weighted by Crippen LogP contribution is 2.29. The van der Waals surface area contributed by atoms with Crippen LogP contribution in [0.4, 0.5) is 5.13 Å². The number of Topliss-reactive ketones (excluding diaryl/α,β-unsaturated/α-hetero) is 1. The van der Waals surface area contributed by atoms with Crippen molar-refractivity contribution >= 4 is 39.5 Å². The summed E-state index contributed by atoms with van der Waals surface area (Å²) in [6.07, 6.45) is 0. The summed E-state index contributed by atoms with van der Waals surface area (Å²) in [7, 11) is 0. The number of hydrogen-bond acceptors (Lipinski definition) is 5. The fourth-order valence-electron chi connectivity index (χ4n) is 2.27. The van der Waals surface area contributed by atoms with E-state index >= 15 is 0 Å². The molecule has 0 aliphatic heterocycles. The Labute approximate surface area is 148 Å². The Morgan fingerprint density at radius 2 is 1.83 bits per heavy atom. The molecular weight excluding hydrogens is 340 g/mol. The molecule has 3 aromatic rings. The maximum absolute atomic E-state index is 12.3. The predicted octanol–water partition coefficient (Wildman–Crippen LogP) is 4.94. The number of thiazole rings is 1. The maximum Gasteiger partial charge on any atom is 0.267 e. The van der Waals surface area contributed by atoms with Crippen LogP contribution in [0.5, 0.6) is 0 Å². The van der Waals surface area contributed by atoms with Crippen molar-refractivity contribution in [3.05, 3.63) is 56.6 Å². The number of amides is 1. The topological polar surface area (TPSA) is 59.1 Å². The SMILES string of the molecule is CC(=O)c1ccc(C(=O)Nc2nc(-c3cc(C)ccc3C)cs2)s1. The number of hydrogen-bond donors (Lipinski definition) is 1. The van der Waals surface area contributed by atoms with Crippen LogP contribution in [0.15, 0.2) is 35.7 Å². The zero-order valence-electron chi connectivity index (χ0n) is 13.5. The minimum Gasteiger partial charge on any atom is -0.297 e. The fraction of sp³-hybridized carbons (Fsp3) is 0.167. The first-order valence-electron chi connectivity index (χ1n) is 7.39. The lowest BCUT2D eigenvalue weighted by Gasteiger charge is -2.03. The van der Waals surface area contributed by atoms with Crippen LogP contribution < -0.4 is 5.32 Å². The maximum atomic E-state index is 12.3. The molecule has 0 aliphatic carbocycles. The highest BCUT2D eigenvalue weighted by Gasteiger charge is 2.14. The van der Waals surface area contributed by atoms with Crippen LogP contribution in [0.1, 0.15) is 37.4 Å². The summed E-state index contributed by atoms with van der Waals surface area (Å²) in [5.41, 5.74) is 4.24. The number of carbonyl (C=O) groups is 2. The van der Waals surface area contributed by atoms with Gasteiger partial charge in [-0.25, -0.2) is 4.98 Å². The highest BCUT2D eigenvalue weighted by atomic mass is 32.1. The molecule has 0 saturated heterocycles. The second-order valence-electron chi connectivity index (χ2n) is 5.53. The number of nitrogens with zero attached hydrogens (tertiary/aromatic N) is 1. The molecule has 3 rings (SSSR count). The number of carbonyl (C=O) groups excluding carboxylic acids is 2. The summed E-state index contributed by atoms with van der Waals surface area (Å²) in [5.74, 6) is -0.278. The van der Waals surface area contributed by atoms with E-state index in [-0.39, 0.29) is 11.7 Å². The zero-order chi connectivity index (χ0) is 17.3. The van der Waals surface area contributed by atoms with Crippen LogP contribution in [-0.2, 0) is 0 Å². The van der Waals surface area contributed by atoms with Crippen molar-refractivity contribution in [2.75, 3.05) is 5.32 Å². The van der Waals surface area contributed by atoms with Crippen molar-refractivity contribution in [2.45, 2.75) is 20.8 Å². The fourth-order valence-corrected chi connectivity index (χ4v) is 3.78. The van der Waals surface area contributed by atoms with Gasteiger partial charge in [0.1, 0.15) is 0 Å². The van der Waals surface area contributed by atoms with Gasteiger partial charge in [-0.15, -0.1) is 22.7 Å². The largest absolute Gasteiger partial charge is 0.297 e. The van der Waals surface area contributed by atoms with Crippen molar-refractivity contribution in [1.29, 1.82) is 0 Å². The van der Waals surface area contributed by atoms with Gasteiger partial charge in [0, 0.05) is 10.9 Å². The van der Waals surface area contributed by atoms with Crippen LogP contribution in [0.25, 0.3) is 11.3 Å². The summed E-state index contributed by atoms with van der Waals surface area (Å²) in [4.78, 5) is 29.2. The van der Waals surface area contributed by atoms with Crippen molar-refractivity contribution in [1.82, 2.24) is 4.98 Å². The number of aryl methyl sites for hydroxylation is 2. The average molecular weight is 356 g/mol. The van der Waals surface area contributed by atoms with Gasteiger partial charge in [-0.3, -0.25) is 14.9 Å². The molecule has 24 heavy (non-hydrogen) atoms. The Hall–Kier alpha value is -2.31. The van der Waals surface area contributed by atoms with Crippen LogP contribution in [0.3, 0.4) is 0 Å². The van der Waals surface area contributed by atoms with Gasteiger partial charge in [-0.05, 0) is 44.5 Å². The lowest BCUT2D eigenvalue weighted by atomic mass is 10.0. The van der Waals surface area contributed by atoms with Gasteiger partial charge < -0.3 is 0 Å². The standard InChI is InChI=1S/C18H16N2O2S2/c1-10-4-5-11(2)13(8-10)14-9-23-18(19-14)20-17(22)16-7-6-15(24-16)12(3)21/h4-9H,1-3H3,(H,19,20,22). The summed E-state index contributed by atoms with van der Waals surface area (Å²) in [6, 6.07) is 9.56. The number of aromatic nitrogens is 1. The normalized spacial score (nSPS) is 10.6. The minimum absolute atomic E-state index is 0.0366. The third-order valence-corrected chi connectivity index (χ3v) is 5.51. The zero-order valence-corrected chi connectivity index (χ0v) is 15.2. The lowest BCUT2D eigenvalue weighted by Crippen LogP contribution is -2.09. The van der Waals surface area contributed by atoms with E-state index in [9.17, 15) is 9.59 Å². The van der Waals surface area contributed by atoms with Crippen LogP contribution >= 0.6 is 22.7 Å². The van der Waals surface area contributed by atoms with Crippen molar-refractivity contribution in [2.24, 2.45) is 0 Å². The molecule has 2 aromatic heterocycles. The van der Waals surface area contributed by atoms with Gasteiger partial charge in [-0.2, -0.15) is 0 Å². The van der Waals surface area contributed by atoms with E-state index < -0.39 is 0 Å². The van der Waals surface area contributed by atoms with E-state index in [1.165, 1.54) is 35.2 Å².